The van der Waals surface area contributed by atoms with E-state index in [1.165, 1.54) is 11.8 Å². The first-order chi connectivity index (χ1) is 7.74. The molecule has 1 aromatic heterocycles. The zero-order chi connectivity index (χ0) is 11.5. The van der Waals surface area contributed by atoms with Crippen LogP contribution in [0.3, 0.4) is 0 Å². The van der Waals surface area contributed by atoms with Crippen molar-refractivity contribution in [2.45, 2.75) is 12.1 Å². The second-order valence-corrected chi connectivity index (χ2v) is 4.02. The highest BCUT2D eigenvalue weighted by Crippen LogP contribution is 2.13. The van der Waals surface area contributed by atoms with E-state index in [2.05, 4.69) is 10.2 Å². The summed E-state index contributed by atoms with van der Waals surface area (Å²) in [5.74, 6) is 0. The highest BCUT2D eigenvalue weighted by Gasteiger charge is 2.09. The predicted octanol–water partition coefficient (Wildman–Crippen LogP) is 1.66. The summed E-state index contributed by atoms with van der Waals surface area (Å²) in [6, 6.07) is 9.45. The van der Waals surface area contributed by atoms with Crippen LogP contribution in [-0.4, -0.2) is 21.0 Å². The van der Waals surface area contributed by atoms with E-state index in [9.17, 15) is 4.79 Å². The van der Waals surface area contributed by atoms with Gasteiger partial charge in [0.25, 0.3) is 5.56 Å². The molecule has 0 amide bonds. The zero-order valence-corrected chi connectivity index (χ0v) is 9.86. The SMILES string of the molecule is CSc1nnc(C)c(=O)n1-c1ccccc1. The molecule has 0 spiro atoms. The molecule has 1 heterocycles. The lowest BCUT2D eigenvalue weighted by atomic mass is 10.3. The molecule has 4 nitrogen and oxygen atoms in total. The molecule has 2 rings (SSSR count). The Bertz CT molecular complexity index is 551. The van der Waals surface area contributed by atoms with Gasteiger partial charge in [-0.2, -0.15) is 0 Å². The second kappa shape index (κ2) is 4.49. The van der Waals surface area contributed by atoms with E-state index in [1.807, 2.05) is 36.6 Å². The van der Waals surface area contributed by atoms with Crippen LogP contribution in [0.15, 0.2) is 40.3 Å². The number of hydrogen-bond acceptors (Lipinski definition) is 4. The van der Waals surface area contributed by atoms with Crippen molar-refractivity contribution < 1.29 is 0 Å². The Morgan fingerprint density at radius 3 is 2.50 bits per heavy atom. The van der Waals surface area contributed by atoms with Crippen LogP contribution in [0, 0.1) is 6.92 Å². The van der Waals surface area contributed by atoms with Crippen molar-refractivity contribution in [1.29, 1.82) is 0 Å². The van der Waals surface area contributed by atoms with Crippen LogP contribution in [0.1, 0.15) is 5.69 Å². The Labute approximate surface area is 97.3 Å². The van der Waals surface area contributed by atoms with Crippen molar-refractivity contribution in [1.82, 2.24) is 14.8 Å². The third-order valence-electron chi connectivity index (χ3n) is 2.19. The fourth-order valence-corrected chi connectivity index (χ4v) is 1.88. The molecule has 0 aliphatic heterocycles. The van der Waals surface area contributed by atoms with Gasteiger partial charge in [-0.3, -0.25) is 9.36 Å². The monoisotopic (exact) mass is 233 g/mol. The maximum atomic E-state index is 12.0. The largest absolute Gasteiger partial charge is 0.280 e. The molecular weight excluding hydrogens is 222 g/mol. The number of thioether (sulfide) groups is 1. The molecule has 82 valence electrons. The maximum Gasteiger partial charge on any atom is 0.280 e. The number of aryl methyl sites for hydroxylation is 1. The van der Waals surface area contributed by atoms with Crippen LogP contribution in [0.2, 0.25) is 0 Å². The van der Waals surface area contributed by atoms with Gasteiger partial charge < -0.3 is 0 Å². The Balaban J connectivity index is 2.73. The summed E-state index contributed by atoms with van der Waals surface area (Å²) >= 11 is 1.40. The maximum absolute atomic E-state index is 12.0. The fourth-order valence-electron chi connectivity index (χ4n) is 1.39. The number of nitrogens with zero attached hydrogens (tertiary/aromatic N) is 3. The molecule has 5 heteroatoms. The lowest BCUT2D eigenvalue weighted by Gasteiger charge is -2.09. The summed E-state index contributed by atoms with van der Waals surface area (Å²) in [5, 5.41) is 8.44. The third kappa shape index (κ3) is 1.86. The van der Waals surface area contributed by atoms with E-state index in [4.69, 9.17) is 0 Å². The number of rotatable bonds is 2. The Morgan fingerprint density at radius 2 is 1.88 bits per heavy atom. The Morgan fingerprint density at radius 1 is 1.19 bits per heavy atom. The van der Waals surface area contributed by atoms with E-state index in [-0.39, 0.29) is 5.56 Å². The van der Waals surface area contributed by atoms with Gasteiger partial charge in [-0.05, 0) is 25.3 Å². The molecule has 0 saturated carbocycles. The first-order valence-electron chi connectivity index (χ1n) is 4.80. The minimum absolute atomic E-state index is 0.120. The van der Waals surface area contributed by atoms with E-state index >= 15 is 0 Å². The standard InChI is InChI=1S/C11H11N3OS/c1-8-10(15)14(11(16-2)13-12-8)9-6-4-3-5-7-9/h3-7H,1-2H3. The average Bonchev–Trinajstić information content (AvgIpc) is 2.33. The molecule has 0 saturated heterocycles. The summed E-state index contributed by atoms with van der Waals surface area (Å²) in [4.78, 5) is 12.0. The van der Waals surface area contributed by atoms with Crippen LogP contribution in [0.5, 0.6) is 0 Å². The van der Waals surface area contributed by atoms with Crippen LogP contribution in [-0.2, 0) is 0 Å². The molecule has 0 atom stereocenters. The van der Waals surface area contributed by atoms with Crippen molar-refractivity contribution in [2.75, 3.05) is 6.26 Å². The average molecular weight is 233 g/mol. The van der Waals surface area contributed by atoms with Gasteiger partial charge in [0.2, 0.25) is 0 Å². The number of para-hydroxylation sites is 1. The van der Waals surface area contributed by atoms with E-state index in [0.29, 0.717) is 10.9 Å². The molecular formula is C11H11N3OS. The van der Waals surface area contributed by atoms with Gasteiger partial charge in [0, 0.05) is 0 Å². The molecule has 0 unspecified atom stereocenters. The minimum Gasteiger partial charge on any atom is -0.267 e. The topological polar surface area (TPSA) is 47.8 Å². The normalized spacial score (nSPS) is 10.4. The second-order valence-electron chi connectivity index (χ2n) is 3.25. The molecule has 0 aliphatic rings. The van der Waals surface area contributed by atoms with Gasteiger partial charge >= 0.3 is 0 Å². The molecule has 16 heavy (non-hydrogen) atoms. The molecule has 1 aromatic carbocycles. The van der Waals surface area contributed by atoms with Crippen LogP contribution < -0.4 is 5.56 Å². The Hall–Kier alpha value is -1.62. The summed E-state index contributed by atoms with van der Waals surface area (Å²) in [6.45, 7) is 1.67. The van der Waals surface area contributed by atoms with Gasteiger partial charge in [0.05, 0.1) is 5.69 Å². The van der Waals surface area contributed by atoms with Gasteiger partial charge in [-0.1, -0.05) is 30.0 Å². The highest BCUT2D eigenvalue weighted by atomic mass is 32.2. The van der Waals surface area contributed by atoms with E-state index < -0.39 is 0 Å². The van der Waals surface area contributed by atoms with Gasteiger partial charge in [0.1, 0.15) is 5.69 Å². The summed E-state index contributed by atoms with van der Waals surface area (Å²) < 4.78 is 1.58. The van der Waals surface area contributed by atoms with Gasteiger partial charge in [0.15, 0.2) is 5.16 Å². The van der Waals surface area contributed by atoms with Crippen LogP contribution in [0.25, 0.3) is 5.69 Å². The quantitative estimate of drug-likeness (QED) is 0.740. The smallest absolute Gasteiger partial charge is 0.267 e. The van der Waals surface area contributed by atoms with Crippen LogP contribution in [0.4, 0.5) is 0 Å². The number of benzene rings is 1. The number of hydrogen-bond donors (Lipinski definition) is 0. The lowest BCUT2D eigenvalue weighted by molar-refractivity contribution is 0.708. The van der Waals surface area contributed by atoms with Crippen molar-refractivity contribution >= 4 is 11.8 Å². The van der Waals surface area contributed by atoms with E-state index in [0.717, 1.165) is 5.69 Å². The fraction of sp³-hybridized carbons (Fsp3) is 0.182. The first kappa shape index (κ1) is 10.9. The van der Waals surface area contributed by atoms with Crippen molar-refractivity contribution in [2.24, 2.45) is 0 Å². The minimum atomic E-state index is -0.120. The molecule has 0 aliphatic carbocycles. The molecule has 0 N–H and O–H groups in total. The summed E-state index contributed by atoms with van der Waals surface area (Å²) in [7, 11) is 0. The van der Waals surface area contributed by atoms with Crippen molar-refractivity contribution in [3.8, 4) is 5.69 Å². The first-order valence-corrected chi connectivity index (χ1v) is 6.02. The highest BCUT2D eigenvalue weighted by molar-refractivity contribution is 7.98. The molecule has 0 radical (unpaired) electrons. The van der Waals surface area contributed by atoms with Crippen molar-refractivity contribution in [3.63, 3.8) is 0 Å². The molecule has 0 bridgehead atoms. The molecule has 0 fully saturated rings. The predicted molar refractivity (Wildman–Crippen MR) is 64.1 cm³/mol. The van der Waals surface area contributed by atoms with Crippen LogP contribution >= 0.6 is 11.8 Å². The number of aromatic nitrogens is 3. The van der Waals surface area contributed by atoms with Crippen molar-refractivity contribution in [3.05, 3.63) is 46.4 Å². The zero-order valence-electron chi connectivity index (χ0n) is 9.04. The lowest BCUT2D eigenvalue weighted by Crippen LogP contribution is -2.24. The third-order valence-corrected chi connectivity index (χ3v) is 2.82. The summed E-state index contributed by atoms with van der Waals surface area (Å²) in [6.07, 6.45) is 1.87. The summed E-state index contributed by atoms with van der Waals surface area (Å²) in [5.41, 5.74) is 1.10. The Kier molecular flexibility index (Phi) is 3.05. The van der Waals surface area contributed by atoms with Gasteiger partial charge in [-0.15, -0.1) is 10.2 Å². The van der Waals surface area contributed by atoms with Gasteiger partial charge in [-0.25, -0.2) is 0 Å². The molecule has 2 aromatic rings. The van der Waals surface area contributed by atoms with E-state index in [1.54, 1.807) is 11.5 Å².